The van der Waals surface area contributed by atoms with Crippen LogP contribution >= 0.6 is 34.5 Å². The Balaban J connectivity index is 1.41. The number of allylic oxidation sites excluding steroid dienone is 1. The number of carbonyl (C=O) groups is 2. The molecule has 0 bridgehead atoms. The number of fused-ring (bicyclic) bond motifs is 3. The second kappa shape index (κ2) is 11.3. The third-order valence-electron chi connectivity index (χ3n) is 8.84. The number of carbonyl (C=O) groups excluding carboxylic acids is 2. The molecule has 3 nitrogen and oxygen atoms in total. The van der Waals surface area contributed by atoms with Gasteiger partial charge in [0.1, 0.15) is 5.00 Å². The summed E-state index contributed by atoms with van der Waals surface area (Å²) in [6.07, 6.45) is -7.71. The van der Waals surface area contributed by atoms with Crippen LogP contribution in [0.15, 0.2) is 90.5 Å². The van der Waals surface area contributed by atoms with Crippen LogP contribution in [0.2, 0.25) is 10.0 Å². The van der Waals surface area contributed by atoms with Crippen molar-refractivity contribution in [1.82, 2.24) is 0 Å². The zero-order chi connectivity index (χ0) is 35.2. The second-order valence-corrected chi connectivity index (χ2v) is 14.1. The Morgan fingerprint density at radius 2 is 1.33 bits per heavy atom. The molecule has 0 radical (unpaired) electrons. The first-order chi connectivity index (χ1) is 23.0. The number of benzene rings is 4. The van der Waals surface area contributed by atoms with E-state index >= 15 is 0 Å². The van der Waals surface area contributed by atoms with Gasteiger partial charge in [-0.1, -0.05) is 61.3 Å². The highest BCUT2D eigenvalue weighted by Crippen LogP contribution is 2.56. The van der Waals surface area contributed by atoms with E-state index in [1.54, 1.807) is 29.2 Å². The highest BCUT2D eigenvalue weighted by molar-refractivity contribution is 7.17. The highest BCUT2D eigenvalue weighted by atomic mass is 35.5. The molecule has 49 heavy (non-hydrogen) atoms. The molecule has 0 unspecified atom stereocenters. The van der Waals surface area contributed by atoms with E-state index in [-0.39, 0.29) is 32.3 Å². The second-order valence-electron chi connectivity index (χ2n) is 12.2. The van der Waals surface area contributed by atoms with Gasteiger partial charge in [-0.15, -0.1) is 11.3 Å². The van der Waals surface area contributed by atoms with Gasteiger partial charge in [-0.25, -0.2) is 0 Å². The third-order valence-corrected chi connectivity index (χ3v) is 10.6. The van der Waals surface area contributed by atoms with Crippen molar-refractivity contribution in [1.29, 1.82) is 0 Å². The predicted molar refractivity (Wildman–Crippen MR) is 180 cm³/mol. The van der Waals surface area contributed by atoms with Crippen LogP contribution in [0.3, 0.4) is 0 Å². The van der Waals surface area contributed by atoms with Crippen LogP contribution in [-0.2, 0) is 17.8 Å². The molecule has 12 heteroatoms. The van der Waals surface area contributed by atoms with Crippen LogP contribution in [0, 0.1) is 0 Å². The van der Waals surface area contributed by atoms with Crippen LogP contribution in [0.4, 0.5) is 42.7 Å². The first-order valence-corrected chi connectivity index (χ1v) is 16.3. The molecule has 5 aromatic rings. The summed E-state index contributed by atoms with van der Waals surface area (Å²) in [5.74, 6) is -1.06. The minimum Gasteiger partial charge on any atom is -0.301 e. The minimum atomic E-state index is -4.61. The number of thiophene rings is 1. The Kier molecular flexibility index (Phi) is 7.66. The summed E-state index contributed by atoms with van der Waals surface area (Å²) < 4.78 is 82.6. The number of rotatable bonds is 3. The third kappa shape index (κ3) is 5.46. The summed E-state index contributed by atoms with van der Waals surface area (Å²) in [5.41, 5.74) is 0.194. The number of ketones is 2. The molecule has 1 aliphatic heterocycles. The average Bonchev–Trinajstić information content (AvgIpc) is 3.56. The lowest BCUT2D eigenvalue weighted by Crippen LogP contribution is -2.29. The van der Waals surface area contributed by atoms with Gasteiger partial charge in [0.2, 0.25) is 0 Å². The Labute approximate surface area is 290 Å². The molecular formula is C37H21Cl2F6NO2S. The summed E-state index contributed by atoms with van der Waals surface area (Å²) >= 11 is 13.4. The van der Waals surface area contributed by atoms with Crippen molar-refractivity contribution < 1.29 is 35.9 Å². The molecule has 248 valence electrons. The molecule has 1 aliphatic carbocycles. The lowest BCUT2D eigenvalue weighted by atomic mass is 9.74. The van der Waals surface area contributed by atoms with Gasteiger partial charge >= 0.3 is 12.4 Å². The van der Waals surface area contributed by atoms with Gasteiger partial charge in [-0.3, -0.25) is 9.59 Å². The normalized spacial score (nSPS) is 15.3. The molecule has 0 spiro atoms. The van der Waals surface area contributed by atoms with E-state index in [2.05, 4.69) is 0 Å². The largest absolute Gasteiger partial charge is 0.417 e. The van der Waals surface area contributed by atoms with Crippen LogP contribution in [0.5, 0.6) is 0 Å². The molecule has 0 atom stereocenters. The first kappa shape index (κ1) is 33.1. The number of hydrogen-bond donors (Lipinski definition) is 0. The van der Waals surface area contributed by atoms with Gasteiger partial charge in [0.15, 0.2) is 11.6 Å². The minimum absolute atomic E-state index is 0.0192. The zero-order valence-corrected chi connectivity index (χ0v) is 27.7. The van der Waals surface area contributed by atoms with E-state index < -0.39 is 40.5 Å². The van der Waals surface area contributed by atoms with Crippen molar-refractivity contribution in [2.24, 2.45) is 0 Å². The standard InChI is InChI=1S/C37H21Cl2F6NO2S/c1-35(2)27-13-18(22-5-3-4-6-26(22)37(43,44)45)7-12-31(27)46(20-10-8-19(9-11-20)36(40,41)42)34-28(35)15-21(49-34)14-25-32(47)23-16-29(38)30(39)17-24(23)33(25)48/h3-17H,1-2H3. The quantitative estimate of drug-likeness (QED) is 0.105. The van der Waals surface area contributed by atoms with Crippen LogP contribution in [0.1, 0.15) is 61.7 Å². The molecule has 2 heterocycles. The lowest BCUT2D eigenvalue weighted by molar-refractivity contribution is -0.138. The number of nitrogens with zero attached hydrogens (tertiary/aromatic N) is 1. The van der Waals surface area contributed by atoms with Gasteiger partial charge in [0.25, 0.3) is 0 Å². The van der Waals surface area contributed by atoms with Crippen molar-refractivity contribution >= 4 is 68.6 Å². The summed E-state index contributed by atoms with van der Waals surface area (Å²) in [6, 6.07) is 19.2. The van der Waals surface area contributed by atoms with Crippen molar-refractivity contribution in [2.45, 2.75) is 31.6 Å². The van der Waals surface area contributed by atoms with Gasteiger partial charge < -0.3 is 4.90 Å². The summed E-state index contributed by atoms with van der Waals surface area (Å²) in [6.45, 7) is 3.78. The Morgan fingerprint density at radius 3 is 1.92 bits per heavy atom. The molecule has 0 saturated carbocycles. The van der Waals surface area contributed by atoms with Crippen molar-refractivity contribution in [3.8, 4) is 11.1 Å². The van der Waals surface area contributed by atoms with Crippen molar-refractivity contribution in [3.63, 3.8) is 0 Å². The SMILES string of the molecule is CC1(C)c2cc(-c3ccccc3C(F)(F)F)ccc2N(c2ccc(C(F)(F)F)cc2)c2sc(C=C3C(=O)c4cc(Cl)c(Cl)cc4C3=O)cc21. The molecule has 2 aliphatic rings. The van der Waals surface area contributed by atoms with Crippen LogP contribution in [-0.4, -0.2) is 11.6 Å². The monoisotopic (exact) mass is 727 g/mol. The van der Waals surface area contributed by atoms with E-state index in [0.29, 0.717) is 37.9 Å². The van der Waals surface area contributed by atoms with Gasteiger partial charge in [-0.05, 0) is 89.0 Å². The van der Waals surface area contributed by atoms with E-state index in [4.69, 9.17) is 23.2 Å². The van der Waals surface area contributed by atoms with E-state index in [0.717, 1.165) is 18.2 Å². The van der Waals surface area contributed by atoms with Gasteiger partial charge in [0.05, 0.1) is 32.4 Å². The summed E-state index contributed by atoms with van der Waals surface area (Å²) in [7, 11) is 0. The van der Waals surface area contributed by atoms with Crippen LogP contribution in [0.25, 0.3) is 17.2 Å². The van der Waals surface area contributed by atoms with E-state index in [9.17, 15) is 35.9 Å². The fraction of sp³-hybridized carbons (Fsp3) is 0.135. The van der Waals surface area contributed by atoms with Gasteiger partial charge in [-0.2, -0.15) is 26.3 Å². The molecule has 0 fully saturated rings. The molecule has 0 saturated heterocycles. The van der Waals surface area contributed by atoms with Crippen molar-refractivity contribution in [3.05, 3.63) is 139 Å². The summed E-state index contributed by atoms with van der Waals surface area (Å²) in [4.78, 5) is 28.9. The maximum absolute atomic E-state index is 14.0. The van der Waals surface area contributed by atoms with Crippen molar-refractivity contribution in [2.75, 3.05) is 4.90 Å². The Morgan fingerprint density at radius 1 is 0.714 bits per heavy atom. The number of anilines is 3. The number of Topliss-reactive ketones (excluding diaryl/α,β-unsaturated/α-hetero) is 2. The fourth-order valence-electron chi connectivity index (χ4n) is 6.37. The average molecular weight is 729 g/mol. The van der Waals surface area contributed by atoms with Gasteiger partial charge in [0, 0.05) is 27.1 Å². The number of alkyl halides is 6. The number of hydrogen-bond acceptors (Lipinski definition) is 4. The fourth-order valence-corrected chi connectivity index (χ4v) is 7.99. The first-order valence-electron chi connectivity index (χ1n) is 14.7. The van der Waals surface area contributed by atoms with Crippen LogP contribution < -0.4 is 4.90 Å². The Bertz CT molecular complexity index is 2210. The van der Waals surface area contributed by atoms with E-state index in [1.807, 2.05) is 13.8 Å². The zero-order valence-electron chi connectivity index (χ0n) is 25.4. The molecule has 7 rings (SSSR count). The molecule has 1 aromatic heterocycles. The maximum atomic E-state index is 14.0. The molecule has 0 amide bonds. The summed E-state index contributed by atoms with van der Waals surface area (Å²) in [5, 5.41) is 0.853. The lowest BCUT2D eigenvalue weighted by Gasteiger charge is -2.40. The molecular weight excluding hydrogens is 707 g/mol. The number of halogens is 8. The predicted octanol–water partition coefficient (Wildman–Crippen LogP) is 12.3. The maximum Gasteiger partial charge on any atom is 0.417 e. The molecule has 4 aromatic carbocycles. The Hall–Kier alpha value is -4.38. The highest BCUT2D eigenvalue weighted by Gasteiger charge is 2.41. The topological polar surface area (TPSA) is 37.4 Å². The van der Waals surface area contributed by atoms with E-state index in [1.165, 1.54) is 59.9 Å². The smallest absolute Gasteiger partial charge is 0.301 e. The molecule has 0 N–H and O–H groups in total.